The van der Waals surface area contributed by atoms with E-state index in [4.69, 9.17) is 5.73 Å². The smallest absolute Gasteiger partial charge is 0.237 e. The molecule has 1 amide bonds. The number of carbonyl (C=O) groups excluding carboxylic acids is 1. The number of rotatable bonds is 4. The summed E-state index contributed by atoms with van der Waals surface area (Å²) < 4.78 is 0. The Morgan fingerprint density at radius 2 is 1.82 bits per heavy atom. The monoisotopic (exact) mass is 242 g/mol. The molecule has 0 saturated heterocycles. The summed E-state index contributed by atoms with van der Waals surface area (Å²) in [6.07, 6.45) is 6.02. The molecule has 0 aliphatic heterocycles. The van der Waals surface area contributed by atoms with Crippen molar-refractivity contribution in [2.24, 2.45) is 11.7 Å². The van der Waals surface area contributed by atoms with Crippen LogP contribution in [0.1, 0.15) is 52.4 Å². The first-order chi connectivity index (χ1) is 7.94. The van der Waals surface area contributed by atoms with Crippen molar-refractivity contribution in [1.82, 2.24) is 5.32 Å². The van der Waals surface area contributed by atoms with Crippen LogP contribution in [0.15, 0.2) is 0 Å². The maximum atomic E-state index is 11.7. The van der Waals surface area contributed by atoms with E-state index < -0.39 is 11.6 Å². The van der Waals surface area contributed by atoms with E-state index in [1.165, 1.54) is 12.8 Å². The van der Waals surface area contributed by atoms with Gasteiger partial charge in [0.25, 0.3) is 0 Å². The van der Waals surface area contributed by atoms with E-state index in [1.54, 1.807) is 0 Å². The van der Waals surface area contributed by atoms with E-state index in [2.05, 4.69) is 5.32 Å². The van der Waals surface area contributed by atoms with Crippen LogP contribution in [0.4, 0.5) is 0 Å². The Balaban J connectivity index is 2.40. The maximum Gasteiger partial charge on any atom is 0.237 e. The van der Waals surface area contributed by atoms with Gasteiger partial charge in [0, 0.05) is 6.54 Å². The first-order valence-electron chi connectivity index (χ1n) is 6.70. The Morgan fingerprint density at radius 1 is 1.29 bits per heavy atom. The van der Waals surface area contributed by atoms with Crippen LogP contribution in [0.5, 0.6) is 0 Å². The number of nitrogens with two attached hydrogens (primary N) is 1. The molecule has 1 fully saturated rings. The Labute approximate surface area is 104 Å². The molecule has 100 valence electrons. The van der Waals surface area contributed by atoms with Gasteiger partial charge in [-0.25, -0.2) is 0 Å². The van der Waals surface area contributed by atoms with E-state index in [-0.39, 0.29) is 11.8 Å². The molecule has 0 spiro atoms. The van der Waals surface area contributed by atoms with Gasteiger partial charge in [-0.2, -0.15) is 0 Å². The highest BCUT2D eigenvalue weighted by atomic mass is 16.3. The summed E-state index contributed by atoms with van der Waals surface area (Å²) in [5.41, 5.74) is 5.04. The SMILES string of the molecule is CC(C)[C@@H](N)C(=O)NCC1(O)CCCCCC1. The maximum absolute atomic E-state index is 11.7. The molecule has 1 saturated carbocycles. The molecule has 0 aromatic rings. The predicted octanol–water partition coefficient (Wildman–Crippen LogP) is 1.17. The number of hydrogen-bond donors (Lipinski definition) is 3. The summed E-state index contributed by atoms with van der Waals surface area (Å²) in [4.78, 5) is 11.7. The average Bonchev–Trinajstić information content (AvgIpc) is 2.50. The van der Waals surface area contributed by atoms with Crippen LogP contribution in [0.25, 0.3) is 0 Å². The van der Waals surface area contributed by atoms with Crippen LogP contribution in [0, 0.1) is 5.92 Å². The number of amides is 1. The molecule has 4 nitrogen and oxygen atoms in total. The summed E-state index contributed by atoms with van der Waals surface area (Å²) in [6.45, 7) is 4.18. The summed E-state index contributed by atoms with van der Waals surface area (Å²) in [5.74, 6) is -0.0311. The van der Waals surface area contributed by atoms with E-state index in [1.807, 2.05) is 13.8 Å². The molecule has 1 aliphatic rings. The lowest BCUT2D eigenvalue weighted by Crippen LogP contribution is -2.49. The van der Waals surface area contributed by atoms with Gasteiger partial charge in [-0.3, -0.25) is 4.79 Å². The van der Waals surface area contributed by atoms with Crippen molar-refractivity contribution in [3.8, 4) is 0 Å². The van der Waals surface area contributed by atoms with Crippen molar-refractivity contribution in [3.63, 3.8) is 0 Å². The molecule has 4 N–H and O–H groups in total. The third-order valence-corrected chi connectivity index (χ3v) is 3.65. The minimum absolute atomic E-state index is 0.124. The van der Waals surface area contributed by atoms with Crippen LogP contribution in [-0.2, 0) is 4.79 Å². The molecule has 17 heavy (non-hydrogen) atoms. The van der Waals surface area contributed by atoms with Crippen LogP contribution in [-0.4, -0.2) is 29.2 Å². The van der Waals surface area contributed by atoms with Crippen molar-refractivity contribution >= 4 is 5.91 Å². The topological polar surface area (TPSA) is 75.4 Å². The van der Waals surface area contributed by atoms with Gasteiger partial charge in [0.1, 0.15) is 0 Å². The molecular weight excluding hydrogens is 216 g/mol. The Hall–Kier alpha value is -0.610. The first kappa shape index (κ1) is 14.5. The highest BCUT2D eigenvalue weighted by Crippen LogP contribution is 2.26. The van der Waals surface area contributed by atoms with Gasteiger partial charge in [0.2, 0.25) is 5.91 Å². The third-order valence-electron chi connectivity index (χ3n) is 3.65. The Kier molecular flexibility index (Phi) is 5.40. The lowest BCUT2D eigenvalue weighted by Gasteiger charge is -2.28. The highest BCUT2D eigenvalue weighted by molar-refractivity contribution is 5.81. The highest BCUT2D eigenvalue weighted by Gasteiger charge is 2.29. The number of nitrogens with one attached hydrogen (secondary N) is 1. The van der Waals surface area contributed by atoms with Gasteiger partial charge >= 0.3 is 0 Å². The number of aliphatic hydroxyl groups is 1. The Morgan fingerprint density at radius 3 is 2.29 bits per heavy atom. The van der Waals surface area contributed by atoms with Crippen molar-refractivity contribution in [2.45, 2.75) is 64.0 Å². The number of carbonyl (C=O) groups is 1. The van der Waals surface area contributed by atoms with Gasteiger partial charge in [-0.15, -0.1) is 0 Å². The largest absolute Gasteiger partial charge is 0.388 e. The molecule has 0 radical (unpaired) electrons. The predicted molar refractivity (Wildman–Crippen MR) is 68.5 cm³/mol. The minimum Gasteiger partial charge on any atom is -0.388 e. The van der Waals surface area contributed by atoms with E-state index >= 15 is 0 Å². The lowest BCUT2D eigenvalue weighted by molar-refractivity contribution is -0.124. The molecule has 0 aromatic carbocycles. The summed E-state index contributed by atoms with van der Waals surface area (Å²) in [5, 5.41) is 13.2. The second-order valence-electron chi connectivity index (χ2n) is 5.63. The fourth-order valence-electron chi connectivity index (χ4n) is 2.24. The standard InChI is InChI=1S/C13H26N2O2/c1-10(2)11(14)12(16)15-9-13(17)7-5-3-4-6-8-13/h10-11,17H,3-9,14H2,1-2H3,(H,15,16)/t11-/m1/s1. The second kappa shape index (κ2) is 6.36. The summed E-state index contributed by atoms with van der Waals surface area (Å²) >= 11 is 0. The molecule has 1 atom stereocenters. The number of hydrogen-bond acceptors (Lipinski definition) is 3. The van der Waals surface area contributed by atoms with Crippen LogP contribution >= 0.6 is 0 Å². The Bertz CT molecular complexity index is 246. The molecule has 1 aliphatic carbocycles. The van der Waals surface area contributed by atoms with E-state index in [9.17, 15) is 9.90 Å². The second-order valence-corrected chi connectivity index (χ2v) is 5.63. The van der Waals surface area contributed by atoms with Gasteiger partial charge in [-0.1, -0.05) is 39.5 Å². The fourth-order valence-corrected chi connectivity index (χ4v) is 2.24. The summed E-state index contributed by atoms with van der Waals surface area (Å²) in [7, 11) is 0. The first-order valence-corrected chi connectivity index (χ1v) is 6.70. The van der Waals surface area contributed by atoms with Crippen molar-refractivity contribution < 1.29 is 9.90 Å². The molecular formula is C13H26N2O2. The fraction of sp³-hybridized carbons (Fsp3) is 0.923. The van der Waals surface area contributed by atoms with Crippen molar-refractivity contribution in [3.05, 3.63) is 0 Å². The van der Waals surface area contributed by atoms with Gasteiger partial charge in [0.05, 0.1) is 11.6 Å². The van der Waals surface area contributed by atoms with Crippen LogP contribution < -0.4 is 11.1 Å². The zero-order valence-corrected chi connectivity index (χ0v) is 11.0. The van der Waals surface area contributed by atoms with E-state index in [0.717, 1.165) is 25.7 Å². The zero-order valence-electron chi connectivity index (χ0n) is 11.0. The molecule has 0 unspecified atom stereocenters. The van der Waals surface area contributed by atoms with E-state index in [0.29, 0.717) is 6.54 Å². The molecule has 0 heterocycles. The molecule has 4 heteroatoms. The van der Waals surface area contributed by atoms with Gasteiger partial charge in [-0.05, 0) is 18.8 Å². The van der Waals surface area contributed by atoms with Crippen LogP contribution in [0.3, 0.4) is 0 Å². The zero-order chi connectivity index (χ0) is 12.9. The molecule has 0 aromatic heterocycles. The normalized spacial score (nSPS) is 21.9. The van der Waals surface area contributed by atoms with Gasteiger partial charge < -0.3 is 16.2 Å². The molecule has 0 bridgehead atoms. The summed E-state index contributed by atoms with van der Waals surface area (Å²) in [6, 6.07) is -0.482. The minimum atomic E-state index is -0.719. The van der Waals surface area contributed by atoms with Crippen LogP contribution in [0.2, 0.25) is 0 Å². The van der Waals surface area contributed by atoms with Gasteiger partial charge in [0.15, 0.2) is 0 Å². The van der Waals surface area contributed by atoms with Crippen molar-refractivity contribution in [2.75, 3.05) is 6.54 Å². The van der Waals surface area contributed by atoms with Crippen molar-refractivity contribution in [1.29, 1.82) is 0 Å². The lowest BCUT2D eigenvalue weighted by atomic mass is 9.94. The quantitative estimate of drug-likeness (QED) is 0.648. The molecule has 1 rings (SSSR count). The third kappa shape index (κ3) is 4.64. The average molecular weight is 242 g/mol.